The fourth-order valence-corrected chi connectivity index (χ4v) is 3.57. The number of anilines is 1. The molecule has 0 saturated carbocycles. The third-order valence-electron chi connectivity index (χ3n) is 4.39. The summed E-state index contributed by atoms with van der Waals surface area (Å²) < 4.78 is 0. The molecule has 94 valence electrons. The van der Waals surface area contributed by atoms with Gasteiger partial charge in [-0.25, -0.2) is 0 Å². The van der Waals surface area contributed by atoms with Crippen molar-refractivity contribution in [1.29, 1.82) is 0 Å². The summed E-state index contributed by atoms with van der Waals surface area (Å²) in [6.07, 6.45) is 7.62. The normalized spacial score (nSPS) is 20.3. The minimum absolute atomic E-state index is 0.902. The Labute approximate surface area is 108 Å². The van der Waals surface area contributed by atoms with Crippen LogP contribution in [0.25, 0.3) is 0 Å². The average Bonchev–Trinajstić information content (AvgIpc) is 3.08. The zero-order chi connectivity index (χ0) is 11.9. The first-order valence-corrected chi connectivity index (χ1v) is 7.13. The van der Waals surface area contributed by atoms with Crippen LogP contribution in [-0.2, 0) is 25.7 Å². The SMILES string of the molecule is c1c2c(c(NC3=NCCN3)c3c1CCC3)CCC2. The molecule has 3 heteroatoms. The number of hydrogen-bond donors (Lipinski definition) is 2. The Balaban J connectivity index is 1.80. The highest BCUT2D eigenvalue weighted by Gasteiger charge is 2.24. The molecule has 0 spiro atoms. The lowest BCUT2D eigenvalue weighted by atomic mass is 9.99. The quantitative estimate of drug-likeness (QED) is 0.789. The molecule has 4 rings (SSSR count). The second kappa shape index (κ2) is 4.01. The number of aliphatic imine (C=N–C) groups is 1. The molecule has 3 aliphatic rings. The zero-order valence-corrected chi connectivity index (χ0v) is 10.7. The average molecular weight is 241 g/mol. The van der Waals surface area contributed by atoms with Crippen LogP contribution in [0.2, 0.25) is 0 Å². The molecule has 1 aromatic rings. The lowest BCUT2D eigenvalue weighted by Gasteiger charge is -2.16. The van der Waals surface area contributed by atoms with E-state index in [4.69, 9.17) is 0 Å². The van der Waals surface area contributed by atoms with Crippen molar-refractivity contribution in [3.63, 3.8) is 0 Å². The molecule has 3 nitrogen and oxygen atoms in total. The molecule has 1 aliphatic heterocycles. The molecule has 0 amide bonds. The summed E-state index contributed by atoms with van der Waals surface area (Å²) in [7, 11) is 0. The van der Waals surface area contributed by atoms with Gasteiger partial charge in [-0.15, -0.1) is 0 Å². The number of nitrogens with one attached hydrogen (secondary N) is 2. The molecule has 0 atom stereocenters. The van der Waals surface area contributed by atoms with E-state index in [9.17, 15) is 0 Å². The van der Waals surface area contributed by atoms with E-state index in [1.807, 2.05) is 0 Å². The Morgan fingerprint density at radius 2 is 1.72 bits per heavy atom. The van der Waals surface area contributed by atoms with Crippen LogP contribution >= 0.6 is 0 Å². The van der Waals surface area contributed by atoms with Crippen molar-refractivity contribution in [2.75, 3.05) is 18.4 Å². The zero-order valence-electron chi connectivity index (χ0n) is 10.7. The summed E-state index contributed by atoms with van der Waals surface area (Å²) in [5.74, 6) is 0.976. The van der Waals surface area contributed by atoms with Crippen molar-refractivity contribution in [2.24, 2.45) is 4.99 Å². The predicted octanol–water partition coefficient (Wildman–Crippen LogP) is 2.04. The minimum Gasteiger partial charge on any atom is -0.354 e. The van der Waals surface area contributed by atoms with Crippen LogP contribution in [0.5, 0.6) is 0 Å². The third-order valence-corrected chi connectivity index (χ3v) is 4.39. The highest BCUT2D eigenvalue weighted by molar-refractivity contribution is 5.96. The second-order valence-corrected chi connectivity index (χ2v) is 5.52. The lowest BCUT2D eigenvalue weighted by molar-refractivity contribution is 0.898. The smallest absolute Gasteiger partial charge is 0.195 e. The fraction of sp³-hybridized carbons (Fsp3) is 0.533. The van der Waals surface area contributed by atoms with E-state index in [-0.39, 0.29) is 0 Å². The Morgan fingerprint density at radius 1 is 1.00 bits per heavy atom. The van der Waals surface area contributed by atoms with Gasteiger partial charge in [0.25, 0.3) is 0 Å². The van der Waals surface area contributed by atoms with Crippen LogP contribution in [0.4, 0.5) is 5.69 Å². The molecule has 0 aromatic heterocycles. The molecule has 0 saturated heterocycles. The van der Waals surface area contributed by atoms with Crippen LogP contribution in [0, 0.1) is 0 Å². The Bertz CT molecular complexity index is 499. The first kappa shape index (κ1) is 10.4. The fourth-order valence-electron chi connectivity index (χ4n) is 3.57. The van der Waals surface area contributed by atoms with Crippen molar-refractivity contribution in [1.82, 2.24) is 5.32 Å². The van der Waals surface area contributed by atoms with Gasteiger partial charge in [-0.2, -0.15) is 0 Å². The summed E-state index contributed by atoms with van der Waals surface area (Å²) in [6, 6.07) is 2.47. The Kier molecular flexibility index (Phi) is 2.32. The number of aryl methyl sites for hydroxylation is 2. The molecule has 2 aliphatic carbocycles. The first-order valence-electron chi connectivity index (χ1n) is 7.13. The van der Waals surface area contributed by atoms with Gasteiger partial charge in [0, 0.05) is 12.2 Å². The van der Waals surface area contributed by atoms with E-state index in [0.717, 1.165) is 19.0 Å². The van der Waals surface area contributed by atoms with Crippen molar-refractivity contribution < 1.29 is 0 Å². The summed E-state index contributed by atoms with van der Waals surface area (Å²) in [6.45, 7) is 1.87. The molecule has 0 unspecified atom stereocenters. The molecule has 1 heterocycles. The van der Waals surface area contributed by atoms with Crippen LogP contribution in [-0.4, -0.2) is 19.0 Å². The van der Waals surface area contributed by atoms with Gasteiger partial charge in [0.1, 0.15) is 0 Å². The van der Waals surface area contributed by atoms with Gasteiger partial charge in [0.05, 0.1) is 6.54 Å². The van der Waals surface area contributed by atoms with E-state index in [0.29, 0.717) is 0 Å². The predicted molar refractivity (Wildman–Crippen MR) is 74.4 cm³/mol. The van der Waals surface area contributed by atoms with Crippen LogP contribution in [0.3, 0.4) is 0 Å². The highest BCUT2D eigenvalue weighted by Crippen LogP contribution is 2.38. The number of benzene rings is 1. The second-order valence-electron chi connectivity index (χ2n) is 5.52. The third kappa shape index (κ3) is 1.53. The van der Waals surface area contributed by atoms with E-state index >= 15 is 0 Å². The van der Waals surface area contributed by atoms with E-state index < -0.39 is 0 Å². The molecule has 0 radical (unpaired) electrons. The van der Waals surface area contributed by atoms with Crippen molar-refractivity contribution in [3.8, 4) is 0 Å². The van der Waals surface area contributed by atoms with Gasteiger partial charge in [-0.3, -0.25) is 4.99 Å². The molecule has 1 aromatic carbocycles. The van der Waals surface area contributed by atoms with Crippen molar-refractivity contribution >= 4 is 11.6 Å². The lowest BCUT2D eigenvalue weighted by Crippen LogP contribution is -2.27. The number of hydrogen-bond acceptors (Lipinski definition) is 3. The van der Waals surface area contributed by atoms with Gasteiger partial charge in [-0.05, 0) is 60.8 Å². The molecular weight excluding hydrogens is 222 g/mol. The number of nitrogens with zero attached hydrogens (tertiary/aromatic N) is 1. The van der Waals surface area contributed by atoms with Crippen LogP contribution in [0.15, 0.2) is 11.1 Å². The van der Waals surface area contributed by atoms with Crippen LogP contribution < -0.4 is 10.6 Å². The minimum atomic E-state index is 0.902. The van der Waals surface area contributed by atoms with Gasteiger partial charge >= 0.3 is 0 Å². The maximum absolute atomic E-state index is 4.48. The molecule has 0 bridgehead atoms. The number of guanidine groups is 1. The maximum atomic E-state index is 4.48. The molecule has 0 fully saturated rings. The van der Waals surface area contributed by atoms with Gasteiger partial charge in [-0.1, -0.05) is 6.07 Å². The first-order chi connectivity index (χ1) is 8.92. The number of fused-ring (bicyclic) bond motifs is 2. The molecular formula is C15H19N3. The number of rotatable bonds is 1. The van der Waals surface area contributed by atoms with Gasteiger partial charge in [0.2, 0.25) is 0 Å². The topological polar surface area (TPSA) is 36.4 Å². The van der Waals surface area contributed by atoms with Gasteiger partial charge in [0.15, 0.2) is 5.96 Å². The Hall–Kier alpha value is -1.51. The summed E-state index contributed by atoms with van der Waals surface area (Å²) in [4.78, 5) is 4.48. The Morgan fingerprint density at radius 3 is 2.33 bits per heavy atom. The van der Waals surface area contributed by atoms with Gasteiger partial charge < -0.3 is 10.6 Å². The van der Waals surface area contributed by atoms with E-state index in [1.54, 1.807) is 22.3 Å². The summed E-state index contributed by atoms with van der Waals surface area (Å²) >= 11 is 0. The highest BCUT2D eigenvalue weighted by atomic mass is 15.2. The monoisotopic (exact) mass is 241 g/mol. The molecule has 2 N–H and O–H groups in total. The largest absolute Gasteiger partial charge is 0.354 e. The van der Waals surface area contributed by atoms with E-state index in [1.165, 1.54) is 44.2 Å². The summed E-state index contributed by atoms with van der Waals surface area (Å²) in [5.41, 5.74) is 7.68. The van der Waals surface area contributed by atoms with E-state index in [2.05, 4.69) is 21.7 Å². The standard InChI is InChI=1S/C15H19N3/c1-3-10-9-11-4-2-6-13(11)14(12(10)5-1)18-15-16-7-8-17-15/h9H,1-8H2,(H2,16,17,18). The van der Waals surface area contributed by atoms with Crippen LogP contribution in [0.1, 0.15) is 35.1 Å². The summed E-state index contributed by atoms with van der Waals surface area (Å²) in [5, 5.41) is 6.91. The van der Waals surface area contributed by atoms with Crippen molar-refractivity contribution in [2.45, 2.75) is 38.5 Å². The van der Waals surface area contributed by atoms with Crippen molar-refractivity contribution in [3.05, 3.63) is 28.3 Å². The molecule has 18 heavy (non-hydrogen) atoms. The maximum Gasteiger partial charge on any atom is 0.195 e.